The largest absolute Gasteiger partial charge is 0.389 e. The molecule has 1 heterocycles. The molecule has 0 aromatic rings. The van der Waals surface area contributed by atoms with Crippen LogP contribution >= 0.6 is 0 Å². The molecular weight excluding hydrogens is 262 g/mol. The van der Waals surface area contributed by atoms with Crippen molar-refractivity contribution in [2.24, 2.45) is 23.7 Å². The van der Waals surface area contributed by atoms with Gasteiger partial charge in [0.05, 0.1) is 12.7 Å². The van der Waals surface area contributed by atoms with Crippen molar-refractivity contribution in [1.82, 2.24) is 4.90 Å². The molecule has 1 aliphatic heterocycles. The first-order chi connectivity index (χ1) is 10.2. The summed E-state index contributed by atoms with van der Waals surface area (Å²) in [6.45, 7) is 6.77. The summed E-state index contributed by atoms with van der Waals surface area (Å²) in [4.78, 5) is 2.39. The summed E-state index contributed by atoms with van der Waals surface area (Å²) < 4.78 is 5.75. The number of likely N-dealkylation sites (tertiary alicyclic amines) is 1. The van der Waals surface area contributed by atoms with Crippen LogP contribution in [0.15, 0.2) is 0 Å². The normalized spacial score (nSPS) is 35.4. The van der Waals surface area contributed by atoms with Crippen LogP contribution in [0.1, 0.15) is 51.9 Å². The Bertz CT molecular complexity index is 314. The number of nitrogens with zero attached hydrogens (tertiary/aromatic N) is 1. The summed E-state index contributed by atoms with van der Waals surface area (Å²) in [6.07, 6.45) is 9.34. The van der Waals surface area contributed by atoms with E-state index in [0.29, 0.717) is 6.61 Å². The number of hydrogen-bond donors (Lipinski definition) is 1. The van der Waals surface area contributed by atoms with Gasteiger partial charge in [-0.3, -0.25) is 0 Å². The molecule has 2 saturated carbocycles. The smallest absolute Gasteiger partial charge is 0.0900 e. The van der Waals surface area contributed by atoms with Gasteiger partial charge in [-0.15, -0.1) is 0 Å². The Morgan fingerprint density at radius 3 is 2.62 bits per heavy atom. The van der Waals surface area contributed by atoms with Crippen LogP contribution < -0.4 is 0 Å². The van der Waals surface area contributed by atoms with Gasteiger partial charge in [-0.25, -0.2) is 0 Å². The predicted molar refractivity (Wildman–Crippen MR) is 85.2 cm³/mol. The molecule has 0 aromatic heterocycles. The molecule has 122 valence electrons. The van der Waals surface area contributed by atoms with Crippen LogP contribution in [0, 0.1) is 23.7 Å². The number of piperidine rings is 1. The minimum absolute atomic E-state index is 0.307. The molecule has 0 spiro atoms. The van der Waals surface area contributed by atoms with E-state index in [1.165, 1.54) is 44.9 Å². The van der Waals surface area contributed by atoms with E-state index in [9.17, 15) is 5.11 Å². The minimum atomic E-state index is -0.307. The van der Waals surface area contributed by atoms with E-state index >= 15 is 0 Å². The minimum Gasteiger partial charge on any atom is -0.389 e. The summed E-state index contributed by atoms with van der Waals surface area (Å²) in [5.41, 5.74) is 0. The van der Waals surface area contributed by atoms with Crippen molar-refractivity contribution in [2.45, 2.75) is 58.0 Å². The summed E-state index contributed by atoms with van der Waals surface area (Å²) in [6, 6.07) is 0. The van der Waals surface area contributed by atoms with Crippen molar-refractivity contribution >= 4 is 0 Å². The first-order valence-corrected chi connectivity index (χ1v) is 9.19. The van der Waals surface area contributed by atoms with Crippen LogP contribution in [-0.2, 0) is 4.74 Å². The van der Waals surface area contributed by atoms with Gasteiger partial charge in [-0.05, 0) is 75.3 Å². The Labute approximate surface area is 130 Å². The zero-order valence-electron chi connectivity index (χ0n) is 13.7. The number of ether oxygens (including phenoxy) is 1. The Morgan fingerprint density at radius 1 is 1.14 bits per heavy atom. The fourth-order valence-electron chi connectivity index (χ4n) is 4.78. The molecule has 3 fully saturated rings. The zero-order chi connectivity index (χ0) is 14.7. The van der Waals surface area contributed by atoms with Gasteiger partial charge in [0.2, 0.25) is 0 Å². The highest BCUT2D eigenvalue weighted by Gasteiger charge is 2.38. The predicted octanol–water partition coefficient (Wildman–Crippen LogP) is 2.92. The molecule has 0 aromatic carbocycles. The van der Waals surface area contributed by atoms with Crippen LogP contribution in [0.4, 0.5) is 0 Å². The van der Waals surface area contributed by atoms with Gasteiger partial charge in [0.1, 0.15) is 0 Å². The standard InChI is InChI=1S/C18H33NO2/c1-14-4-7-19(8-5-14)12-18(20)13-21-9-6-17-11-15-2-3-16(17)10-15/h14-18,20H,2-13H2,1H3/t15-,16-,17+,18+/m1/s1. The van der Waals surface area contributed by atoms with E-state index in [4.69, 9.17) is 4.74 Å². The van der Waals surface area contributed by atoms with Crippen LogP contribution in [-0.4, -0.2) is 49.0 Å². The number of aliphatic hydroxyl groups excluding tert-OH is 1. The van der Waals surface area contributed by atoms with Crippen LogP contribution in [0.3, 0.4) is 0 Å². The third-order valence-electron chi connectivity index (χ3n) is 6.17. The molecule has 0 amide bonds. The number of fused-ring (bicyclic) bond motifs is 2. The number of rotatable bonds is 7. The van der Waals surface area contributed by atoms with Crippen molar-refractivity contribution in [3.8, 4) is 0 Å². The van der Waals surface area contributed by atoms with Crippen molar-refractivity contribution in [2.75, 3.05) is 32.8 Å². The number of hydrogen-bond acceptors (Lipinski definition) is 3. The summed E-state index contributed by atoms with van der Waals surface area (Å²) in [5.74, 6) is 3.81. The monoisotopic (exact) mass is 295 g/mol. The second-order valence-electron chi connectivity index (χ2n) is 7.94. The van der Waals surface area contributed by atoms with Crippen LogP contribution in [0.5, 0.6) is 0 Å². The van der Waals surface area contributed by atoms with Gasteiger partial charge in [0.15, 0.2) is 0 Å². The maximum absolute atomic E-state index is 10.1. The Kier molecular flexibility index (Phi) is 5.58. The van der Waals surface area contributed by atoms with Crippen molar-refractivity contribution in [3.05, 3.63) is 0 Å². The molecule has 3 heteroatoms. The number of aliphatic hydroxyl groups is 1. The van der Waals surface area contributed by atoms with Crippen LogP contribution in [0.25, 0.3) is 0 Å². The van der Waals surface area contributed by atoms with Gasteiger partial charge in [-0.1, -0.05) is 13.3 Å². The third-order valence-corrected chi connectivity index (χ3v) is 6.17. The van der Waals surface area contributed by atoms with Gasteiger partial charge >= 0.3 is 0 Å². The van der Waals surface area contributed by atoms with E-state index in [2.05, 4.69) is 11.8 Å². The van der Waals surface area contributed by atoms with E-state index in [1.807, 2.05) is 0 Å². The SMILES string of the molecule is CC1CCN(C[C@H](O)COCC[C@H]2C[C@@H]3CC[C@@H]2C3)CC1. The first-order valence-electron chi connectivity index (χ1n) is 9.19. The topological polar surface area (TPSA) is 32.7 Å². The molecule has 3 aliphatic rings. The van der Waals surface area contributed by atoms with Gasteiger partial charge in [0.25, 0.3) is 0 Å². The van der Waals surface area contributed by atoms with Crippen molar-refractivity contribution in [3.63, 3.8) is 0 Å². The van der Waals surface area contributed by atoms with Crippen LogP contribution in [0.2, 0.25) is 0 Å². The maximum Gasteiger partial charge on any atom is 0.0900 e. The molecule has 1 saturated heterocycles. The molecule has 21 heavy (non-hydrogen) atoms. The quantitative estimate of drug-likeness (QED) is 0.733. The molecule has 3 nitrogen and oxygen atoms in total. The summed E-state index contributed by atoms with van der Waals surface area (Å²) >= 11 is 0. The Balaban J connectivity index is 1.24. The zero-order valence-corrected chi connectivity index (χ0v) is 13.7. The van der Waals surface area contributed by atoms with E-state index in [1.54, 1.807) is 0 Å². The first kappa shape index (κ1) is 15.8. The number of β-amino-alcohol motifs (C(OH)–C–C–N with tert-alkyl or cyclic N) is 1. The lowest BCUT2D eigenvalue weighted by molar-refractivity contribution is 0.00593. The highest BCUT2D eigenvalue weighted by Crippen LogP contribution is 2.49. The lowest BCUT2D eigenvalue weighted by atomic mass is 9.87. The van der Waals surface area contributed by atoms with Crippen molar-refractivity contribution in [1.29, 1.82) is 0 Å². The molecule has 2 bridgehead atoms. The maximum atomic E-state index is 10.1. The average molecular weight is 295 g/mol. The molecule has 4 atom stereocenters. The highest BCUT2D eigenvalue weighted by atomic mass is 16.5. The van der Waals surface area contributed by atoms with Gasteiger partial charge in [-0.2, -0.15) is 0 Å². The molecular formula is C18H33NO2. The van der Waals surface area contributed by atoms with E-state index in [0.717, 1.165) is 49.9 Å². The molecule has 2 aliphatic carbocycles. The fraction of sp³-hybridized carbons (Fsp3) is 1.00. The molecule has 1 N–H and O–H groups in total. The summed E-state index contributed by atoms with van der Waals surface area (Å²) in [7, 11) is 0. The lowest BCUT2D eigenvalue weighted by Gasteiger charge is -2.31. The van der Waals surface area contributed by atoms with E-state index in [-0.39, 0.29) is 6.10 Å². The second kappa shape index (κ2) is 7.43. The molecule has 0 radical (unpaired) electrons. The van der Waals surface area contributed by atoms with Gasteiger partial charge in [0, 0.05) is 13.2 Å². The van der Waals surface area contributed by atoms with Gasteiger partial charge < -0.3 is 14.7 Å². The van der Waals surface area contributed by atoms with Crippen molar-refractivity contribution < 1.29 is 9.84 Å². The third kappa shape index (κ3) is 4.43. The lowest BCUT2D eigenvalue weighted by Crippen LogP contribution is -2.39. The second-order valence-corrected chi connectivity index (χ2v) is 7.94. The summed E-state index contributed by atoms with van der Waals surface area (Å²) in [5, 5.41) is 10.1. The Hall–Kier alpha value is -0.120. The molecule has 0 unspecified atom stereocenters. The highest BCUT2D eigenvalue weighted by molar-refractivity contribution is 4.89. The fourth-order valence-corrected chi connectivity index (χ4v) is 4.78. The average Bonchev–Trinajstić information content (AvgIpc) is 3.09. The molecule has 3 rings (SSSR count). The Morgan fingerprint density at radius 2 is 1.95 bits per heavy atom. The van der Waals surface area contributed by atoms with E-state index < -0.39 is 0 Å².